The number of anilines is 1. The highest BCUT2D eigenvalue weighted by atomic mass is 16.5. The zero-order chi connectivity index (χ0) is 16.1. The van der Waals surface area contributed by atoms with Gasteiger partial charge in [0.25, 0.3) is 0 Å². The summed E-state index contributed by atoms with van der Waals surface area (Å²) in [6.45, 7) is 6.96. The predicted molar refractivity (Wildman–Crippen MR) is 86.0 cm³/mol. The Kier molecular flexibility index (Phi) is 5.41. The number of carbonyl (C=O) groups excluding carboxylic acids is 2. The Labute approximate surface area is 131 Å². The summed E-state index contributed by atoms with van der Waals surface area (Å²) in [5, 5.41) is 2.86. The van der Waals surface area contributed by atoms with E-state index >= 15 is 0 Å². The molecule has 1 fully saturated rings. The lowest BCUT2D eigenvalue weighted by atomic mass is 10.1. The van der Waals surface area contributed by atoms with Crippen LogP contribution in [0.25, 0.3) is 0 Å². The van der Waals surface area contributed by atoms with E-state index in [9.17, 15) is 9.59 Å². The van der Waals surface area contributed by atoms with Crippen molar-refractivity contribution in [2.24, 2.45) is 5.92 Å². The summed E-state index contributed by atoms with van der Waals surface area (Å²) >= 11 is 0. The molecule has 0 bridgehead atoms. The predicted octanol–water partition coefficient (Wildman–Crippen LogP) is 2.35. The molecule has 1 atom stereocenters. The van der Waals surface area contributed by atoms with Gasteiger partial charge in [-0.1, -0.05) is 19.1 Å². The largest absolute Gasteiger partial charge is 0.489 e. The number of amides is 2. The average Bonchev–Trinajstić information content (AvgIpc) is 2.86. The smallest absolute Gasteiger partial charge is 0.227 e. The van der Waals surface area contributed by atoms with Crippen molar-refractivity contribution in [2.75, 3.05) is 18.0 Å². The summed E-state index contributed by atoms with van der Waals surface area (Å²) in [5.74, 6) is 0.322. The first kappa shape index (κ1) is 16.3. The number of benzene rings is 1. The second kappa shape index (κ2) is 7.29. The maximum Gasteiger partial charge on any atom is 0.227 e. The van der Waals surface area contributed by atoms with Crippen LogP contribution in [0.2, 0.25) is 0 Å². The van der Waals surface area contributed by atoms with Crippen LogP contribution in [0, 0.1) is 5.92 Å². The SMILES string of the molecule is CCCNC(=O)C1CC(=O)N(c2ccccc2OC(C)C)C1. The molecule has 22 heavy (non-hydrogen) atoms. The zero-order valence-corrected chi connectivity index (χ0v) is 13.5. The Morgan fingerprint density at radius 3 is 2.82 bits per heavy atom. The first-order chi connectivity index (χ1) is 10.5. The van der Waals surface area contributed by atoms with Gasteiger partial charge in [-0.05, 0) is 32.4 Å². The summed E-state index contributed by atoms with van der Waals surface area (Å²) in [6.07, 6.45) is 1.18. The molecule has 0 saturated carbocycles. The fourth-order valence-corrected chi connectivity index (χ4v) is 2.54. The molecule has 1 saturated heterocycles. The number of carbonyl (C=O) groups is 2. The molecule has 0 aliphatic carbocycles. The molecule has 2 rings (SSSR count). The zero-order valence-electron chi connectivity index (χ0n) is 13.5. The minimum Gasteiger partial charge on any atom is -0.489 e. The van der Waals surface area contributed by atoms with E-state index in [1.807, 2.05) is 45.0 Å². The second-order valence-electron chi connectivity index (χ2n) is 5.83. The van der Waals surface area contributed by atoms with Crippen LogP contribution in [0.1, 0.15) is 33.6 Å². The molecule has 5 heteroatoms. The van der Waals surface area contributed by atoms with Crippen LogP contribution in [0.4, 0.5) is 5.69 Å². The summed E-state index contributed by atoms with van der Waals surface area (Å²) < 4.78 is 5.77. The topological polar surface area (TPSA) is 58.6 Å². The van der Waals surface area contributed by atoms with E-state index < -0.39 is 0 Å². The van der Waals surface area contributed by atoms with Crippen molar-refractivity contribution in [3.8, 4) is 5.75 Å². The van der Waals surface area contributed by atoms with Crippen LogP contribution in [0.3, 0.4) is 0 Å². The molecule has 1 N–H and O–H groups in total. The first-order valence-corrected chi connectivity index (χ1v) is 7.86. The highest BCUT2D eigenvalue weighted by Crippen LogP contribution is 2.33. The standard InChI is InChI=1S/C17H24N2O3/c1-4-9-18-17(21)13-10-16(20)19(11-13)14-7-5-6-8-15(14)22-12(2)3/h5-8,12-13H,4,9-11H2,1-3H3,(H,18,21). The summed E-state index contributed by atoms with van der Waals surface area (Å²) in [6, 6.07) is 7.47. The molecule has 5 nitrogen and oxygen atoms in total. The number of nitrogens with one attached hydrogen (secondary N) is 1. The maximum absolute atomic E-state index is 12.3. The Balaban J connectivity index is 2.13. The van der Waals surface area contributed by atoms with Gasteiger partial charge in [0.15, 0.2) is 0 Å². The highest BCUT2D eigenvalue weighted by Gasteiger charge is 2.36. The minimum atomic E-state index is -0.286. The van der Waals surface area contributed by atoms with Crippen LogP contribution in [-0.2, 0) is 9.59 Å². The van der Waals surface area contributed by atoms with Crippen LogP contribution in [-0.4, -0.2) is 31.0 Å². The van der Waals surface area contributed by atoms with Crippen molar-refractivity contribution >= 4 is 17.5 Å². The monoisotopic (exact) mass is 304 g/mol. The number of hydrogen-bond acceptors (Lipinski definition) is 3. The second-order valence-corrected chi connectivity index (χ2v) is 5.83. The lowest BCUT2D eigenvalue weighted by Gasteiger charge is -2.21. The molecule has 1 aliphatic rings. The normalized spacial score (nSPS) is 17.9. The van der Waals surface area contributed by atoms with Gasteiger partial charge in [-0.25, -0.2) is 0 Å². The van der Waals surface area contributed by atoms with Crippen molar-refractivity contribution in [2.45, 2.75) is 39.7 Å². The van der Waals surface area contributed by atoms with Gasteiger partial charge < -0.3 is 15.0 Å². The number of rotatable bonds is 6. The van der Waals surface area contributed by atoms with Crippen LogP contribution >= 0.6 is 0 Å². The van der Waals surface area contributed by atoms with Crippen LogP contribution in [0.5, 0.6) is 5.75 Å². The van der Waals surface area contributed by atoms with E-state index in [1.165, 1.54) is 0 Å². The van der Waals surface area contributed by atoms with Gasteiger partial charge >= 0.3 is 0 Å². The molecule has 1 aromatic carbocycles. The molecule has 0 radical (unpaired) electrons. The van der Waals surface area contributed by atoms with Crippen LogP contribution < -0.4 is 15.0 Å². The van der Waals surface area contributed by atoms with Gasteiger partial charge in [-0.15, -0.1) is 0 Å². The van der Waals surface area contributed by atoms with E-state index in [0.717, 1.165) is 12.1 Å². The lowest BCUT2D eigenvalue weighted by Crippen LogP contribution is -2.33. The van der Waals surface area contributed by atoms with Crippen molar-refractivity contribution in [3.05, 3.63) is 24.3 Å². The number of hydrogen-bond donors (Lipinski definition) is 1. The fourth-order valence-electron chi connectivity index (χ4n) is 2.54. The molecule has 1 unspecified atom stereocenters. The van der Waals surface area contributed by atoms with Gasteiger partial charge in [-0.2, -0.15) is 0 Å². The first-order valence-electron chi connectivity index (χ1n) is 7.86. The molecule has 1 aliphatic heterocycles. The van der Waals surface area contributed by atoms with Gasteiger partial charge in [0.2, 0.25) is 11.8 Å². The molecule has 120 valence electrons. The Morgan fingerprint density at radius 2 is 2.14 bits per heavy atom. The molecular weight excluding hydrogens is 280 g/mol. The number of para-hydroxylation sites is 2. The number of nitrogens with zero attached hydrogens (tertiary/aromatic N) is 1. The Hall–Kier alpha value is -2.04. The lowest BCUT2D eigenvalue weighted by molar-refractivity contribution is -0.126. The van der Waals surface area contributed by atoms with Gasteiger partial charge in [-0.3, -0.25) is 9.59 Å². The van der Waals surface area contributed by atoms with E-state index in [-0.39, 0.29) is 30.3 Å². The van der Waals surface area contributed by atoms with E-state index in [0.29, 0.717) is 18.8 Å². The third-order valence-corrected chi connectivity index (χ3v) is 3.56. The summed E-state index contributed by atoms with van der Waals surface area (Å²) in [4.78, 5) is 26.0. The Morgan fingerprint density at radius 1 is 1.41 bits per heavy atom. The van der Waals surface area contributed by atoms with E-state index in [4.69, 9.17) is 4.74 Å². The molecule has 1 aromatic rings. The van der Waals surface area contributed by atoms with Gasteiger partial charge in [0.05, 0.1) is 17.7 Å². The fraction of sp³-hybridized carbons (Fsp3) is 0.529. The van der Waals surface area contributed by atoms with Crippen molar-refractivity contribution < 1.29 is 14.3 Å². The molecule has 0 aromatic heterocycles. The van der Waals surface area contributed by atoms with E-state index in [1.54, 1.807) is 4.90 Å². The van der Waals surface area contributed by atoms with Gasteiger partial charge in [0, 0.05) is 19.5 Å². The molecular formula is C17H24N2O3. The third-order valence-electron chi connectivity index (χ3n) is 3.56. The van der Waals surface area contributed by atoms with Crippen molar-refractivity contribution in [3.63, 3.8) is 0 Å². The quantitative estimate of drug-likeness (QED) is 0.877. The molecule has 0 spiro atoms. The average molecular weight is 304 g/mol. The van der Waals surface area contributed by atoms with Crippen molar-refractivity contribution in [1.29, 1.82) is 0 Å². The van der Waals surface area contributed by atoms with Crippen molar-refractivity contribution in [1.82, 2.24) is 5.32 Å². The third kappa shape index (κ3) is 3.78. The van der Waals surface area contributed by atoms with E-state index in [2.05, 4.69) is 5.32 Å². The molecule has 2 amide bonds. The summed E-state index contributed by atoms with van der Waals surface area (Å²) in [5.41, 5.74) is 0.743. The Bertz CT molecular complexity index is 542. The maximum atomic E-state index is 12.3. The van der Waals surface area contributed by atoms with Gasteiger partial charge in [0.1, 0.15) is 5.75 Å². The van der Waals surface area contributed by atoms with Crippen LogP contribution in [0.15, 0.2) is 24.3 Å². The minimum absolute atomic E-state index is 0.0301. The highest BCUT2D eigenvalue weighted by molar-refractivity contribution is 6.01. The molecule has 1 heterocycles. The number of ether oxygens (including phenoxy) is 1. The summed E-state index contributed by atoms with van der Waals surface area (Å²) in [7, 11) is 0.